The molecular weight excluding hydrogens is 239 g/mol. The topological polar surface area (TPSA) is 43.6 Å². The third kappa shape index (κ3) is 1.93. The molecule has 0 unspecified atom stereocenters. The Morgan fingerprint density at radius 2 is 2.35 bits per heavy atom. The first-order chi connectivity index (χ1) is 8.24. The van der Waals surface area contributed by atoms with Crippen LogP contribution in [0.1, 0.15) is 22.8 Å². The van der Waals surface area contributed by atoms with E-state index in [0.29, 0.717) is 0 Å². The fourth-order valence-electron chi connectivity index (χ4n) is 2.11. The summed E-state index contributed by atoms with van der Waals surface area (Å²) >= 11 is 1.60. The standard InChI is InChI=1S/C11H11FN4S/c1-16-11(13-14-15-16)17-10-5-3-7-2-4-8(12)6-9(7)10/h2,4,6,10H,3,5H2,1H3/t10-/m0/s1. The molecule has 1 aliphatic carbocycles. The number of fused-ring (bicyclic) bond motifs is 1. The molecule has 1 heterocycles. The largest absolute Gasteiger partial charge is 0.224 e. The zero-order valence-electron chi connectivity index (χ0n) is 9.30. The Balaban J connectivity index is 1.89. The molecule has 0 radical (unpaired) electrons. The van der Waals surface area contributed by atoms with Crippen molar-refractivity contribution in [3.8, 4) is 0 Å². The molecule has 0 amide bonds. The van der Waals surface area contributed by atoms with Crippen LogP contribution in [-0.4, -0.2) is 20.2 Å². The van der Waals surface area contributed by atoms with Crippen molar-refractivity contribution in [2.45, 2.75) is 23.2 Å². The molecule has 2 aromatic rings. The van der Waals surface area contributed by atoms with Gasteiger partial charge in [-0.1, -0.05) is 17.8 Å². The lowest BCUT2D eigenvalue weighted by atomic mass is 10.1. The van der Waals surface area contributed by atoms with Gasteiger partial charge in [0.05, 0.1) is 0 Å². The maximum absolute atomic E-state index is 13.2. The number of hydrogen-bond acceptors (Lipinski definition) is 4. The van der Waals surface area contributed by atoms with Gasteiger partial charge in [0, 0.05) is 12.3 Å². The number of thioether (sulfide) groups is 1. The molecule has 88 valence electrons. The highest BCUT2D eigenvalue weighted by Gasteiger charge is 2.25. The van der Waals surface area contributed by atoms with Gasteiger partial charge in [-0.3, -0.25) is 0 Å². The lowest BCUT2D eigenvalue weighted by Crippen LogP contribution is -1.96. The van der Waals surface area contributed by atoms with Crippen molar-refractivity contribution in [2.75, 3.05) is 0 Å². The van der Waals surface area contributed by atoms with E-state index in [2.05, 4.69) is 15.5 Å². The van der Waals surface area contributed by atoms with Gasteiger partial charge in [-0.05, 0) is 46.5 Å². The zero-order chi connectivity index (χ0) is 11.8. The fourth-order valence-corrected chi connectivity index (χ4v) is 3.22. The van der Waals surface area contributed by atoms with Crippen LogP contribution in [-0.2, 0) is 13.5 Å². The van der Waals surface area contributed by atoms with E-state index in [4.69, 9.17) is 0 Å². The normalized spacial score (nSPS) is 18.4. The number of nitrogens with zero attached hydrogens (tertiary/aromatic N) is 4. The summed E-state index contributed by atoms with van der Waals surface area (Å²) < 4.78 is 14.9. The molecule has 0 aliphatic heterocycles. The number of hydrogen-bond donors (Lipinski definition) is 0. The highest BCUT2D eigenvalue weighted by Crippen LogP contribution is 2.43. The van der Waals surface area contributed by atoms with Crippen molar-refractivity contribution < 1.29 is 4.39 Å². The highest BCUT2D eigenvalue weighted by atomic mass is 32.2. The zero-order valence-corrected chi connectivity index (χ0v) is 10.1. The average Bonchev–Trinajstić information content (AvgIpc) is 2.88. The van der Waals surface area contributed by atoms with Gasteiger partial charge in [-0.25, -0.2) is 9.07 Å². The Morgan fingerprint density at radius 3 is 3.12 bits per heavy atom. The van der Waals surface area contributed by atoms with Crippen molar-refractivity contribution in [1.82, 2.24) is 20.2 Å². The number of benzene rings is 1. The third-order valence-electron chi connectivity index (χ3n) is 2.96. The molecule has 3 rings (SSSR count). The summed E-state index contributed by atoms with van der Waals surface area (Å²) in [6, 6.07) is 5.03. The van der Waals surface area contributed by atoms with Gasteiger partial charge in [0.15, 0.2) is 0 Å². The number of rotatable bonds is 2. The molecule has 0 saturated heterocycles. The Labute approximate surface area is 102 Å². The predicted molar refractivity (Wildman–Crippen MR) is 62.1 cm³/mol. The summed E-state index contributed by atoms with van der Waals surface area (Å²) in [7, 11) is 1.81. The van der Waals surface area contributed by atoms with Gasteiger partial charge in [0.25, 0.3) is 0 Å². The van der Waals surface area contributed by atoms with Crippen molar-refractivity contribution in [3.05, 3.63) is 35.1 Å². The minimum absolute atomic E-state index is 0.174. The van der Waals surface area contributed by atoms with Crippen LogP contribution in [0.4, 0.5) is 4.39 Å². The van der Waals surface area contributed by atoms with Gasteiger partial charge >= 0.3 is 0 Å². The summed E-state index contributed by atoms with van der Waals surface area (Å²) in [5.41, 5.74) is 2.32. The van der Waals surface area contributed by atoms with Gasteiger partial charge in [-0.15, -0.1) is 5.10 Å². The number of tetrazole rings is 1. The third-order valence-corrected chi connectivity index (χ3v) is 4.29. The second kappa shape index (κ2) is 4.10. The quantitative estimate of drug-likeness (QED) is 0.819. The van der Waals surface area contributed by atoms with Gasteiger partial charge in [-0.2, -0.15) is 0 Å². The van der Waals surface area contributed by atoms with Crippen LogP contribution in [0.5, 0.6) is 0 Å². The first-order valence-electron chi connectivity index (χ1n) is 5.41. The van der Waals surface area contributed by atoms with Crippen LogP contribution in [0, 0.1) is 5.82 Å². The lowest BCUT2D eigenvalue weighted by Gasteiger charge is -2.09. The molecular formula is C11H11FN4S. The molecule has 0 N–H and O–H groups in total. The predicted octanol–water partition coefficient (Wildman–Crippen LogP) is 2.13. The van der Waals surface area contributed by atoms with E-state index in [0.717, 1.165) is 23.6 Å². The molecule has 1 aliphatic rings. The highest BCUT2D eigenvalue weighted by molar-refractivity contribution is 7.99. The van der Waals surface area contributed by atoms with Gasteiger partial charge in [0.2, 0.25) is 5.16 Å². The molecule has 1 aromatic carbocycles. The Kier molecular flexibility index (Phi) is 2.58. The molecule has 0 bridgehead atoms. The molecule has 0 spiro atoms. The van der Waals surface area contributed by atoms with Crippen LogP contribution in [0.2, 0.25) is 0 Å². The number of aryl methyl sites for hydroxylation is 2. The summed E-state index contributed by atoms with van der Waals surface area (Å²) in [5, 5.41) is 12.4. The molecule has 6 heteroatoms. The Hall–Kier alpha value is -1.43. The van der Waals surface area contributed by atoms with E-state index in [1.165, 1.54) is 11.6 Å². The van der Waals surface area contributed by atoms with E-state index in [9.17, 15) is 4.39 Å². The lowest BCUT2D eigenvalue weighted by molar-refractivity contribution is 0.625. The Bertz CT molecular complexity index is 554. The van der Waals surface area contributed by atoms with Crippen LogP contribution < -0.4 is 0 Å². The first-order valence-corrected chi connectivity index (χ1v) is 6.29. The van der Waals surface area contributed by atoms with E-state index >= 15 is 0 Å². The van der Waals surface area contributed by atoms with Crippen LogP contribution in [0.25, 0.3) is 0 Å². The minimum Gasteiger partial charge on any atom is -0.224 e. The maximum atomic E-state index is 13.2. The van der Waals surface area contributed by atoms with Crippen LogP contribution >= 0.6 is 11.8 Å². The molecule has 4 nitrogen and oxygen atoms in total. The second-order valence-electron chi connectivity index (χ2n) is 4.07. The molecule has 0 saturated carbocycles. The Morgan fingerprint density at radius 1 is 1.47 bits per heavy atom. The molecule has 17 heavy (non-hydrogen) atoms. The monoisotopic (exact) mass is 250 g/mol. The molecule has 1 atom stereocenters. The molecule has 1 aromatic heterocycles. The fraction of sp³-hybridized carbons (Fsp3) is 0.364. The first kappa shape index (κ1) is 10.7. The summed E-state index contributed by atoms with van der Waals surface area (Å²) in [6.07, 6.45) is 2.01. The maximum Gasteiger partial charge on any atom is 0.209 e. The average molecular weight is 250 g/mol. The van der Waals surface area contributed by atoms with Gasteiger partial charge in [0.1, 0.15) is 5.82 Å². The van der Waals surface area contributed by atoms with E-state index in [-0.39, 0.29) is 11.1 Å². The van der Waals surface area contributed by atoms with Crippen LogP contribution in [0.3, 0.4) is 0 Å². The minimum atomic E-state index is -0.174. The van der Waals surface area contributed by atoms with Crippen LogP contribution in [0.15, 0.2) is 23.4 Å². The summed E-state index contributed by atoms with van der Waals surface area (Å²) in [4.78, 5) is 0. The van der Waals surface area contributed by atoms with Crippen molar-refractivity contribution in [1.29, 1.82) is 0 Å². The summed E-state index contributed by atoms with van der Waals surface area (Å²) in [5.74, 6) is -0.174. The van der Waals surface area contributed by atoms with Crippen molar-refractivity contribution in [3.63, 3.8) is 0 Å². The van der Waals surface area contributed by atoms with E-state index < -0.39 is 0 Å². The van der Waals surface area contributed by atoms with Crippen molar-refractivity contribution >= 4 is 11.8 Å². The number of aromatic nitrogens is 4. The van der Waals surface area contributed by atoms with Crippen molar-refractivity contribution in [2.24, 2.45) is 7.05 Å². The summed E-state index contributed by atoms with van der Waals surface area (Å²) in [6.45, 7) is 0. The molecule has 0 fully saturated rings. The van der Waals surface area contributed by atoms with Gasteiger partial charge < -0.3 is 0 Å². The number of halogens is 1. The second-order valence-corrected chi connectivity index (χ2v) is 5.24. The SMILES string of the molecule is Cn1nnnc1S[C@H]1CCc2ccc(F)cc21. The van der Waals surface area contributed by atoms with E-state index in [1.807, 2.05) is 13.1 Å². The van der Waals surface area contributed by atoms with E-state index in [1.54, 1.807) is 22.5 Å². The smallest absolute Gasteiger partial charge is 0.209 e.